The Balaban J connectivity index is 2.07. The second-order valence-corrected chi connectivity index (χ2v) is 7.23. The molecule has 0 amide bonds. The highest BCUT2D eigenvalue weighted by Crippen LogP contribution is 2.45. The quantitative estimate of drug-likeness (QED) is 0.880. The predicted molar refractivity (Wildman–Crippen MR) is 75.2 cm³/mol. The Morgan fingerprint density at radius 1 is 1.42 bits per heavy atom. The van der Waals surface area contributed by atoms with Crippen LogP contribution in [0.25, 0.3) is 0 Å². The van der Waals surface area contributed by atoms with Crippen molar-refractivity contribution in [3.8, 4) is 0 Å². The third kappa shape index (κ3) is 3.46. The number of ether oxygens (including phenoxy) is 1. The van der Waals surface area contributed by atoms with Crippen LogP contribution in [0.4, 0.5) is 0 Å². The van der Waals surface area contributed by atoms with Gasteiger partial charge in [0.1, 0.15) is 0 Å². The van der Waals surface area contributed by atoms with E-state index >= 15 is 0 Å². The SMILES string of the molecule is CNCCn1nnnc1SC1CC(C)(C)OC1(C)C. The first-order chi connectivity index (χ1) is 8.84. The van der Waals surface area contributed by atoms with E-state index in [2.05, 4.69) is 48.5 Å². The molecule has 0 saturated carbocycles. The molecule has 1 aromatic heterocycles. The third-order valence-corrected chi connectivity index (χ3v) is 4.83. The Hall–Kier alpha value is -0.660. The zero-order valence-corrected chi connectivity index (χ0v) is 13.1. The molecule has 1 unspecified atom stereocenters. The molecule has 19 heavy (non-hydrogen) atoms. The lowest BCUT2D eigenvalue weighted by Gasteiger charge is -2.26. The van der Waals surface area contributed by atoms with Gasteiger partial charge in [-0.25, -0.2) is 4.68 Å². The molecule has 1 aromatic rings. The third-order valence-electron chi connectivity index (χ3n) is 3.31. The number of hydrogen-bond donors (Lipinski definition) is 1. The Kier molecular flexibility index (Phi) is 4.17. The van der Waals surface area contributed by atoms with E-state index in [-0.39, 0.29) is 11.2 Å². The topological polar surface area (TPSA) is 64.9 Å². The maximum atomic E-state index is 6.11. The van der Waals surface area contributed by atoms with Gasteiger partial charge in [-0.1, -0.05) is 11.8 Å². The first-order valence-electron chi connectivity index (χ1n) is 6.62. The van der Waals surface area contributed by atoms with Crippen molar-refractivity contribution in [3.05, 3.63) is 0 Å². The van der Waals surface area contributed by atoms with Crippen molar-refractivity contribution in [1.29, 1.82) is 0 Å². The van der Waals surface area contributed by atoms with Crippen molar-refractivity contribution < 1.29 is 4.74 Å². The van der Waals surface area contributed by atoms with Crippen molar-refractivity contribution in [1.82, 2.24) is 25.5 Å². The van der Waals surface area contributed by atoms with Crippen molar-refractivity contribution >= 4 is 11.8 Å². The maximum absolute atomic E-state index is 6.11. The molecule has 1 aliphatic heterocycles. The Morgan fingerprint density at radius 2 is 2.16 bits per heavy atom. The minimum absolute atomic E-state index is 0.0789. The number of tetrazole rings is 1. The highest BCUT2D eigenvalue weighted by atomic mass is 32.2. The molecule has 1 N–H and O–H groups in total. The molecule has 2 rings (SSSR count). The highest BCUT2D eigenvalue weighted by Gasteiger charge is 2.46. The van der Waals surface area contributed by atoms with E-state index in [9.17, 15) is 0 Å². The van der Waals surface area contributed by atoms with Gasteiger partial charge < -0.3 is 10.1 Å². The molecule has 108 valence electrons. The number of rotatable bonds is 5. The Bertz CT molecular complexity index is 432. The maximum Gasteiger partial charge on any atom is 0.209 e. The van der Waals surface area contributed by atoms with Gasteiger partial charge in [0.15, 0.2) is 0 Å². The van der Waals surface area contributed by atoms with Crippen molar-refractivity contribution in [2.75, 3.05) is 13.6 Å². The van der Waals surface area contributed by atoms with Gasteiger partial charge in [-0.3, -0.25) is 0 Å². The van der Waals surface area contributed by atoms with Crippen LogP contribution < -0.4 is 5.32 Å². The van der Waals surface area contributed by atoms with Crippen LogP contribution in [0, 0.1) is 0 Å². The summed E-state index contributed by atoms with van der Waals surface area (Å²) in [6, 6.07) is 0. The van der Waals surface area contributed by atoms with Gasteiger partial charge in [0, 0.05) is 11.8 Å². The first kappa shape index (κ1) is 14.7. The first-order valence-corrected chi connectivity index (χ1v) is 7.50. The minimum Gasteiger partial charge on any atom is -0.368 e. The molecule has 0 bridgehead atoms. The van der Waals surface area contributed by atoms with Crippen LogP contribution in [-0.2, 0) is 11.3 Å². The molecular weight excluding hydrogens is 262 g/mol. The summed E-state index contributed by atoms with van der Waals surface area (Å²) in [7, 11) is 1.92. The van der Waals surface area contributed by atoms with Gasteiger partial charge in [-0.2, -0.15) is 0 Å². The van der Waals surface area contributed by atoms with E-state index in [1.54, 1.807) is 11.8 Å². The van der Waals surface area contributed by atoms with Crippen LogP contribution in [-0.4, -0.2) is 50.3 Å². The number of nitrogens with one attached hydrogen (secondary N) is 1. The normalized spacial score (nSPS) is 24.8. The van der Waals surface area contributed by atoms with E-state index in [0.717, 1.165) is 24.7 Å². The highest BCUT2D eigenvalue weighted by molar-refractivity contribution is 7.99. The molecule has 7 heteroatoms. The van der Waals surface area contributed by atoms with Gasteiger partial charge in [-0.05, 0) is 51.6 Å². The van der Waals surface area contributed by atoms with Gasteiger partial charge in [-0.15, -0.1) is 5.10 Å². The van der Waals surface area contributed by atoms with Crippen LogP contribution in [0.2, 0.25) is 0 Å². The van der Waals surface area contributed by atoms with Gasteiger partial charge >= 0.3 is 0 Å². The number of hydrogen-bond acceptors (Lipinski definition) is 6. The fourth-order valence-electron chi connectivity index (χ4n) is 2.46. The summed E-state index contributed by atoms with van der Waals surface area (Å²) in [5.74, 6) is 0. The Labute approximate surface area is 118 Å². The zero-order valence-electron chi connectivity index (χ0n) is 12.3. The molecule has 0 spiro atoms. The minimum atomic E-state index is -0.159. The average Bonchev–Trinajstić information content (AvgIpc) is 2.78. The molecule has 0 aromatic carbocycles. The van der Waals surface area contributed by atoms with Crippen LogP contribution in [0.5, 0.6) is 0 Å². The van der Waals surface area contributed by atoms with E-state index < -0.39 is 0 Å². The molecule has 0 radical (unpaired) electrons. The average molecular weight is 285 g/mol. The fraction of sp³-hybridized carbons (Fsp3) is 0.917. The predicted octanol–water partition coefficient (Wildman–Crippen LogP) is 1.33. The van der Waals surface area contributed by atoms with Crippen LogP contribution in [0.15, 0.2) is 5.16 Å². The van der Waals surface area contributed by atoms with Gasteiger partial charge in [0.2, 0.25) is 5.16 Å². The summed E-state index contributed by atoms with van der Waals surface area (Å²) in [5.41, 5.74) is -0.238. The number of likely N-dealkylation sites (N-methyl/N-ethyl adjacent to an activating group) is 1. The fourth-order valence-corrected chi connectivity index (χ4v) is 3.87. The van der Waals surface area contributed by atoms with E-state index in [1.807, 2.05) is 11.7 Å². The summed E-state index contributed by atoms with van der Waals surface area (Å²) in [6.07, 6.45) is 1.00. The molecule has 0 aliphatic carbocycles. The summed E-state index contributed by atoms with van der Waals surface area (Å²) < 4.78 is 7.96. The molecule has 1 aliphatic rings. The second kappa shape index (κ2) is 5.38. The zero-order chi connectivity index (χ0) is 14.1. The molecule has 1 saturated heterocycles. The number of thioether (sulfide) groups is 1. The lowest BCUT2D eigenvalue weighted by Crippen LogP contribution is -2.31. The molecular formula is C12H23N5OS. The lowest BCUT2D eigenvalue weighted by molar-refractivity contribution is -0.0631. The van der Waals surface area contributed by atoms with Crippen LogP contribution in [0.1, 0.15) is 34.1 Å². The smallest absolute Gasteiger partial charge is 0.209 e. The van der Waals surface area contributed by atoms with Gasteiger partial charge in [0.25, 0.3) is 0 Å². The molecule has 6 nitrogen and oxygen atoms in total. The monoisotopic (exact) mass is 285 g/mol. The summed E-state index contributed by atoms with van der Waals surface area (Å²) in [4.78, 5) is 0. The van der Waals surface area contributed by atoms with Crippen molar-refractivity contribution in [2.45, 2.75) is 62.3 Å². The lowest BCUT2D eigenvalue weighted by atomic mass is 10.0. The van der Waals surface area contributed by atoms with Gasteiger partial charge in [0.05, 0.1) is 17.7 Å². The van der Waals surface area contributed by atoms with Crippen LogP contribution in [0.3, 0.4) is 0 Å². The van der Waals surface area contributed by atoms with E-state index in [0.29, 0.717) is 5.25 Å². The summed E-state index contributed by atoms with van der Waals surface area (Å²) >= 11 is 1.72. The molecule has 2 heterocycles. The summed E-state index contributed by atoms with van der Waals surface area (Å²) in [5, 5.41) is 16.3. The second-order valence-electron chi connectivity index (χ2n) is 6.06. The van der Waals surface area contributed by atoms with E-state index in [1.165, 1.54) is 0 Å². The van der Waals surface area contributed by atoms with Crippen molar-refractivity contribution in [2.24, 2.45) is 0 Å². The Morgan fingerprint density at radius 3 is 2.74 bits per heavy atom. The van der Waals surface area contributed by atoms with Crippen LogP contribution >= 0.6 is 11.8 Å². The number of nitrogens with zero attached hydrogens (tertiary/aromatic N) is 4. The molecule has 1 fully saturated rings. The summed E-state index contributed by atoms with van der Waals surface area (Å²) in [6.45, 7) is 10.2. The van der Waals surface area contributed by atoms with E-state index in [4.69, 9.17) is 4.74 Å². The molecule has 1 atom stereocenters. The van der Waals surface area contributed by atoms with Crippen molar-refractivity contribution in [3.63, 3.8) is 0 Å². The standard InChI is InChI=1S/C12H23N5OS/c1-11(2)8-9(12(3,4)18-11)19-10-14-15-16-17(10)7-6-13-5/h9,13H,6-8H2,1-5H3. The largest absolute Gasteiger partial charge is 0.368 e. The number of aromatic nitrogens is 4.